The quantitative estimate of drug-likeness (QED) is 0.569. The maximum Gasteiger partial charge on any atom is 0.344 e. The molecule has 0 aliphatic rings. The van der Waals surface area contributed by atoms with Gasteiger partial charge < -0.3 is 9.73 Å². The number of rotatable bonds is 3. The third-order valence-electron chi connectivity index (χ3n) is 4.04. The molecule has 0 bridgehead atoms. The minimum absolute atomic E-state index is 0.217. The molecule has 26 heavy (non-hydrogen) atoms. The average molecular weight is 342 g/mol. The number of pyridine rings is 1. The monoisotopic (exact) mass is 342 g/mol. The summed E-state index contributed by atoms with van der Waals surface area (Å²) in [7, 11) is 0. The standard InChI is InChI=1S/C21H14N2O3/c24-20(15-9-11-22-12-10-15)23-17-7-5-14(6-8-17)18-13-16-3-1-2-4-19(16)26-21(18)25/h1-13H,(H,23,24). The predicted octanol–water partition coefficient (Wildman–Crippen LogP) is 4.11. The number of hydrogen-bond donors (Lipinski definition) is 1. The van der Waals surface area contributed by atoms with E-state index in [1.807, 2.05) is 24.3 Å². The van der Waals surface area contributed by atoms with Crippen molar-refractivity contribution in [1.29, 1.82) is 0 Å². The number of carbonyl (C=O) groups is 1. The molecular formula is C21H14N2O3. The van der Waals surface area contributed by atoms with Gasteiger partial charge in [-0.15, -0.1) is 0 Å². The lowest BCUT2D eigenvalue weighted by Gasteiger charge is -2.07. The van der Waals surface area contributed by atoms with Crippen LogP contribution in [0.2, 0.25) is 0 Å². The van der Waals surface area contributed by atoms with Crippen LogP contribution in [0.15, 0.2) is 88.3 Å². The SMILES string of the molecule is O=C(Nc1ccc(-c2cc3ccccc3oc2=O)cc1)c1ccncc1. The molecule has 1 amide bonds. The molecule has 0 saturated heterocycles. The van der Waals surface area contributed by atoms with E-state index in [0.29, 0.717) is 22.4 Å². The lowest BCUT2D eigenvalue weighted by atomic mass is 10.1. The molecule has 0 aliphatic carbocycles. The molecule has 0 aliphatic heterocycles. The van der Waals surface area contributed by atoms with Crippen molar-refractivity contribution in [2.45, 2.75) is 0 Å². The van der Waals surface area contributed by atoms with Gasteiger partial charge in [0.05, 0.1) is 5.56 Å². The summed E-state index contributed by atoms with van der Waals surface area (Å²) in [5.74, 6) is -0.217. The number of aromatic nitrogens is 1. The van der Waals surface area contributed by atoms with Crippen LogP contribution in [-0.4, -0.2) is 10.9 Å². The van der Waals surface area contributed by atoms with Gasteiger partial charge in [-0.2, -0.15) is 0 Å². The van der Waals surface area contributed by atoms with Crippen molar-refractivity contribution < 1.29 is 9.21 Å². The molecule has 0 unspecified atom stereocenters. The average Bonchev–Trinajstić information content (AvgIpc) is 2.69. The first-order chi connectivity index (χ1) is 12.7. The van der Waals surface area contributed by atoms with Gasteiger partial charge in [-0.3, -0.25) is 9.78 Å². The third-order valence-corrected chi connectivity index (χ3v) is 4.04. The first-order valence-electron chi connectivity index (χ1n) is 8.05. The second-order valence-corrected chi connectivity index (χ2v) is 5.75. The van der Waals surface area contributed by atoms with Crippen LogP contribution >= 0.6 is 0 Å². The topological polar surface area (TPSA) is 72.2 Å². The molecule has 0 radical (unpaired) electrons. The van der Waals surface area contributed by atoms with Crippen LogP contribution < -0.4 is 10.9 Å². The fourth-order valence-corrected chi connectivity index (χ4v) is 2.70. The number of anilines is 1. The summed E-state index contributed by atoms with van der Waals surface area (Å²) in [6.07, 6.45) is 3.13. The van der Waals surface area contributed by atoms with E-state index < -0.39 is 5.63 Å². The van der Waals surface area contributed by atoms with E-state index in [1.165, 1.54) is 0 Å². The van der Waals surface area contributed by atoms with Gasteiger partial charge in [0.15, 0.2) is 0 Å². The van der Waals surface area contributed by atoms with Gasteiger partial charge >= 0.3 is 5.63 Å². The van der Waals surface area contributed by atoms with Crippen LogP contribution in [0, 0.1) is 0 Å². The number of amides is 1. The van der Waals surface area contributed by atoms with Gasteiger partial charge in [-0.25, -0.2) is 4.79 Å². The fraction of sp³-hybridized carbons (Fsp3) is 0. The Bertz CT molecular complexity index is 1130. The molecule has 1 N–H and O–H groups in total. The lowest BCUT2D eigenvalue weighted by Crippen LogP contribution is -2.11. The summed E-state index contributed by atoms with van der Waals surface area (Å²) in [5, 5.41) is 3.67. The molecule has 5 nitrogen and oxygen atoms in total. The van der Waals surface area contributed by atoms with E-state index in [9.17, 15) is 9.59 Å². The molecular weight excluding hydrogens is 328 g/mol. The molecule has 4 rings (SSSR count). The van der Waals surface area contributed by atoms with E-state index in [0.717, 1.165) is 10.9 Å². The van der Waals surface area contributed by atoms with Crippen molar-refractivity contribution in [3.63, 3.8) is 0 Å². The number of benzene rings is 2. The molecule has 0 atom stereocenters. The Morgan fingerprint density at radius 2 is 1.65 bits per heavy atom. The van der Waals surface area contributed by atoms with Crippen molar-refractivity contribution in [3.8, 4) is 11.1 Å². The van der Waals surface area contributed by atoms with Gasteiger partial charge in [0, 0.05) is 29.0 Å². The molecule has 0 spiro atoms. The second-order valence-electron chi connectivity index (χ2n) is 5.75. The van der Waals surface area contributed by atoms with E-state index >= 15 is 0 Å². The van der Waals surface area contributed by atoms with Crippen molar-refractivity contribution >= 4 is 22.6 Å². The Morgan fingerprint density at radius 3 is 2.42 bits per heavy atom. The summed E-state index contributed by atoms with van der Waals surface area (Å²) in [4.78, 5) is 28.3. The fourth-order valence-electron chi connectivity index (χ4n) is 2.70. The maximum atomic E-state index is 12.2. The second kappa shape index (κ2) is 6.64. The van der Waals surface area contributed by atoms with Crippen molar-refractivity contribution in [3.05, 3.63) is 95.1 Å². The summed E-state index contributed by atoms with van der Waals surface area (Å²) < 4.78 is 5.37. The molecule has 4 aromatic rings. The highest BCUT2D eigenvalue weighted by molar-refractivity contribution is 6.04. The smallest absolute Gasteiger partial charge is 0.344 e. The summed E-state index contributed by atoms with van der Waals surface area (Å²) in [6, 6.07) is 19.5. The Morgan fingerprint density at radius 1 is 0.923 bits per heavy atom. The minimum Gasteiger partial charge on any atom is -0.422 e. The molecule has 2 aromatic carbocycles. The molecule has 5 heteroatoms. The van der Waals surface area contributed by atoms with Crippen LogP contribution in [0.25, 0.3) is 22.1 Å². The molecule has 0 saturated carbocycles. The number of fused-ring (bicyclic) bond motifs is 1. The van der Waals surface area contributed by atoms with E-state index in [2.05, 4.69) is 10.3 Å². The zero-order valence-corrected chi connectivity index (χ0v) is 13.7. The molecule has 2 heterocycles. The number of carbonyl (C=O) groups excluding carboxylic acids is 1. The van der Waals surface area contributed by atoms with Gasteiger partial charge in [-0.05, 0) is 42.0 Å². The number of nitrogens with one attached hydrogen (secondary N) is 1. The minimum atomic E-state index is -0.391. The molecule has 0 fully saturated rings. The predicted molar refractivity (Wildman–Crippen MR) is 100 cm³/mol. The Balaban J connectivity index is 1.61. The van der Waals surface area contributed by atoms with Crippen molar-refractivity contribution in [2.24, 2.45) is 0 Å². The summed E-state index contributed by atoms with van der Waals surface area (Å²) in [5.41, 5.74) is 2.54. The van der Waals surface area contributed by atoms with Crippen LogP contribution in [0.5, 0.6) is 0 Å². The molecule has 2 aromatic heterocycles. The lowest BCUT2D eigenvalue weighted by molar-refractivity contribution is 0.102. The zero-order chi connectivity index (χ0) is 17.9. The normalized spacial score (nSPS) is 10.6. The highest BCUT2D eigenvalue weighted by atomic mass is 16.4. The first-order valence-corrected chi connectivity index (χ1v) is 8.05. The van der Waals surface area contributed by atoms with Crippen LogP contribution in [0.1, 0.15) is 10.4 Å². The van der Waals surface area contributed by atoms with E-state index in [1.54, 1.807) is 54.9 Å². The Kier molecular flexibility index (Phi) is 4.03. The summed E-state index contributed by atoms with van der Waals surface area (Å²) >= 11 is 0. The van der Waals surface area contributed by atoms with Gasteiger partial charge in [-0.1, -0.05) is 30.3 Å². The number of nitrogens with zero attached hydrogens (tertiary/aromatic N) is 1. The van der Waals surface area contributed by atoms with E-state index in [-0.39, 0.29) is 5.91 Å². The van der Waals surface area contributed by atoms with Gasteiger partial charge in [0.2, 0.25) is 0 Å². The van der Waals surface area contributed by atoms with Crippen LogP contribution in [0.4, 0.5) is 5.69 Å². The summed E-state index contributed by atoms with van der Waals surface area (Å²) in [6.45, 7) is 0. The van der Waals surface area contributed by atoms with Crippen molar-refractivity contribution in [1.82, 2.24) is 4.98 Å². The highest BCUT2D eigenvalue weighted by Crippen LogP contribution is 2.22. The highest BCUT2D eigenvalue weighted by Gasteiger charge is 2.09. The molecule has 126 valence electrons. The van der Waals surface area contributed by atoms with Gasteiger partial charge in [0.1, 0.15) is 5.58 Å². The van der Waals surface area contributed by atoms with Gasteiger partial charge in [0.25, 0.3) is 5.91 Å². The Labute approximate surface area is 148 Å². The maximum absolute atomic E-state index is 12.2. The zero-order valence-electron chi connectivity index (χ0n) is 13.7. The number of para-hydroxylation sites is 1. The largest absolute Gasteiger partial charge is 0.422 e. The van der Waals surface area contributed by atoms with E-state index in [4.69, 9.17) is 4.42 Å². The van der Waals surface area contributed by atoms with Crippen LogP contribution in [-0.2, 0) is 0 Å². The number of hydrogen-bond acceptors (Lipinski definition) is 4. The third kappa shape index (κ3) is 3.10. The first kappa shape index (κ1) is 15.8. The Hall–Kier alpha value is -3.73. The van der Waals surface area contributed by atoms with Crippen molar-refractivity contribution in [2.75, 3.05) is 5.32 Å². The van der Waals surface area contributed by atoms with Crippen LogP contribution in [0.3, 0.4) is 0 Å².